The first-order valence-corrected chi connectivity index (χ1v) is 8.40. The molecule has 1 nitrogen and oxygen atoms in total. The van der Waals surface area contributed by atoms with Gasteiger partial charge in [-0.05, 0) is 67.3 Å². The zero-order chi connectivity index (χ0) is 14.5. The fourth-order valence-corrected chi connectivity index (χ4v) is 3.59. The molecule has 3 atom stereocenters. The second-order valence-electron chi connectivity index (χ2n) is 6.89. The topological polar surface area (TPSA) is 12.0 Å². The Morgan fingerprint density at radius 2 is 2.10 bits per heavy atom. The van der Waals surface area contributed by atoms with E-state index in [1.165, 1.54) is 24.8 Å². The van der Waals surface area contributed by atoms with Crippen LogP contribution >= 0.6 is 11.6 Å². The molecule has 0 saturated heterocycles. The van der Waals surface area contributed by atoms with Crippen LogP contribution in [-0.4, -0.2) is 13.1 Å². The van der Waals surface area contributed by atoms with Crippen molar-refractivity contribution in [1.82, 2.24) is 5.32 Å². The van der Waals surface area contributed by atoms with Gasteiger partial charge in [0.1, 0.15) is 0 Å². The lowest BCUT2D eigenvalue weighted by atomic mass is 9.71. The molecule has 1 aromatic carbocycles. The molecule has 0 aromatic heterocycles. The molecule has 20 heavy (non-hydrogen) atoms. The fraction of sp³-hybridized carbons (Fsp3) is 0.667. The molecule has 112 valence electrons. The molecule has 0 radical (unpaired) electrons. The third-order valence-electron chi connectivity index (χ3n) is 4.49. The Bertz CT molecular complexity index is 416. The second-order valence-corrected chi connectivity index (χ2v) is 7.33. The third kappa shape index (κ3) is 4.49. The zero-order valence-corrected chi connectivity index (χ0v) is 13.8. The van der Waals surface area contributed by atoms with Crippen LogP contribution in [0.4, 0.5) is 0 Å². The number of benzene rings is 1. The average Bonchev–Trinajstić information content (AvgIpc) is 2.40. The molecule has 2 heteroatoms. The van der Waals surface area contributed by atoms with Crippen LogP contribution in [0.1, 0.15) is 51.5 Å². The van der Waals surface area contributed by atoms with Crippen LogP contribution < -0.4 is 5.32 Å². The van der Waals surface area contributed by atoms with Crippen LogP contribution in [0.15, 0.2) is 24.3 Å². The molecule has 1 fully saturated rings. The standard InChI is InChI=1S/C18H28ClN/c1-13(2)11-20-12-16-8-7-14(3)9-18(16)15-5-4-6-17(19)10-15/h4-6,10,13-14,16,18,20H,7-9,11-12H2,1-3H3. The number of hydrogen-bond donors (Lipinski definition) is 1. The van der Waals surface area contributed by atoms with E-state index in [9.17, 15) is 0 Å². The summed E-state index contributed by atoms with van der Waals surface area (Å²) in [5, 5.41) is 4.52. The van der Waals surface area contributed by atoms with Gasteiger partial charge in [-0.3, -0.25) is 0 Å². The highest BCUT2D eigenvalue weighted by Crippen LogP contribution is 2.40. The lowest BCUT2D eigenvalue weighted by molar-refractivity contribution is 0.240. The van der Waals surface area contributed by atoms with Gasteiger partial charge in [-0.1, -0.05) is 50.9 Å². The summed E-state index contributed by atoms with van der Waals surface area (Å²) in [4.78, 5) is 0. The molecular weight excluding hydrogens is 266 g/mol. The van der Waals surface area contributed by atoms with E-state index < -0.39 is 0 Å². The van der Waals surface area contributed by atoms with E-state index in [1.54, 1.807) is 0 Å². The second kappa shape index (κ2) is 7.47. The van der Waals surface area contributed by atoms with Gasteiger partial charge in [0.2, 0.25) is 0 Å². The van der Waals surface area contributed by atoms with Crippen LogP contribution in [0.2, 0.25) is 5.02 Å². The van der Waals surface area contributed by atoms with Crippen molar-refractivity contribution in [1.29, 1.82) is 0 Å². The summed E-state index contributed by atoms with van der Waals surface area (Å²) < 4.78 is 0. The molecule has 3 unspecified atom stereocenters. The number of halogens is 1. The summed E-state index contributed by atoms with van der Waals surface area (Å²) in [5.41, 5.74) is 1.43. The Balaban J connectivity index is 2.04. The van der Waals surface area contributed by atoms with Gasteiger partial charge in [-0.2, -0.15) is 0 Å². The van der Waals surface area contributed by atoms with E-state index in [-0.39, 0.29) is 0 Å². The van der Waals surface area contributed by atoms with E-state index in [4.69, 9.17) is 11.6 Å². The van der Waals surface area contributed by atoms with E-state index >= 15 is 0 Å². The predicted octanol–water partition coefficient (Wildman–Crippen LogP) is 5.11. The van der Waals surface area contributed by atoms with Crippen molar-refractivity contribution in [3.05, 3.63) is 34.9 Å². The Labute approximate surface area is 129 Å². The van der Waals surface area contributed by atoms with Crippen LogP contribution in [0, 0.1) is 17.8 Å². The van der Waals surface area contributed by atoms with Crippen molar-refractivity contribution in [2.24, 2.45) is 17.8 Å². The van der Waals surface area contributed by atoms with Crippen LogP contribution in [-0.2, 0) is 0 Å². The Morgan fingerprint density at radius 1 is 1.30 bits per heavy atom. The van der Waals surface area contributed by atoms with Gasteiger partial charge in [0, 0.05) is 5.02 Å². The highest BCUT2D eigenvalue weighted by molar-refractivity contribution is 6.30. The molecule has 1 saturated carbocycles. The van der Waals surface area contributed by atoms with Gasteiger partial charge in [0.15, 0.2) is 0 Å². The monoisotopic (exact) mass is 293 g/mol. The Kier molecular flexibility index (Phi) is 5.92. The van der Waals surface area contributed by atoms with E-state index in [0.717, 1.165) is 35.9 Å². The summed E-state index contributed by atoms with van der Waals surface area (Å²) in [6.45, 7) is 9.18. The lowest BCUT2D eigenvalue weighted by Gasteiger charge is -2.35. The summed E-state index contributed by atoms with van der Waals surface area (Å²) in [6, 6.07) is 8.49. The summed E-state index contributed by atoms with van der Waals surface area (Å²) in [5.74, 6) is 2.97. The van der Waals surface area contributed by atoms with E-state index in [1.807, 2.05) is 6.07 Å². The van der Waals surface area contributed by atoms with Gasteiger partial charge in [-0.25, -0.2) is 0 Å². The Morgan fingerprint density at radius 3 is 2.80 bits per heavy atom. The molecule has 1 aliphatic rings. The number of rotatable bonds is 5. The van der Waals surface area contributed by atoms with Crippen molar-refractivity contribution in [3.63, 3.8) is 0 Å². The molecule has 1 aromatic rings. The highest BCUT2D eigenvalue weighted by Gasteiger charge is 2.29. The highest BCUT2D eigenvalue weighted by atomic mass is 35.5. The fourth-order valence-electron chi connectivity index (χ4n) is 3.39. The lowest BCUT2D eigenvalue weighted by Crippen LogP contribution is -2.33. The molecule has 0 aliphatic heterocycles. The van der Waals surface area contributed by atoms with Gasteiger partial charge in [-0.15, -0.1) is 0 Å². The maximum Gasteiger partial charge on any atom is 0.0408 e. The number of hydrogen-bond acceptors (Lipinski definition) is 1. The summed E-state index contributed by atoms with van der Waals surface area (Å²) >= 11 is 6.18. The first kappa shape index (κ1) is 15.9. The molecule has 0 heterocycles. The maximum absolute atomic E-state index is 6.18. The van der Waals surface area contributed by atoms with Crippen molar-refractivity contribution >= 4 is 11.6 Å². The molecule has 1 N–H and O–H groups in total. The van der Waals surface area contributed by atoms with Crippen molar-refractivity contribution in [2.45, 2.75) is 46.0 Å². The Hall–Kier alpha value is -0.530. The molecular formula is C18H28ClN. The van der Waals surface area contributed by atoms with Gasteiger partial charge in [0.05, 0.1) is 0 Å². The van der Waals surface area contributed by atoms with E-state index in [2.05, 4.69) is 44.3 Å². The minimum absolute atomic E-state index is 0.664. The molecule has 0 spiro atoms. The van der Waals surface area contributed by atoms with Crippen LogP contribution in [0.25, 0.3) is 0 Å². The van der Waals surface area contributed by atoms with E-state index in [0.29, 0.717) is 5.92 Å². The minimum Gasteiger partial charge on any atom is -0.316 e. The smallest absolute Gasteiger partial charge is 0.0408 e. The maximum atomic E-state index is 6.18. The van der Waals surface area contributed by atoms with Crippen molar-refractivity contribution in [2.75, 3.05) is 13.1 Å². The largest absolute Gasteiger partial charge is 0.316 e. The molecule has 0 amide bonds. The van der Waals surface area contributed by atoms with Crippen LogP contribution in [0.3, 0.4) is 0 Å². The van der Waals surface area contributed by atoms with Crippen molar-refractivity contribution in [3.8, 4) is 0 Å². The quantitative estimate of drug-likeness (QED) is 0.796. The molecule has 2 rings (SSSR count). The summed E-state index contributed by atoms with van der Waals surface area (Å²) in [7, 11) is 0. The number of nitrogens with one attached hydrogen (secondary N) is 1. The summed E-state index contributed by atoms with van der Waals surface area (Å²) in [6.07, 6.45) is 4.00. The molecule has 1 aliphatic carbocycles. The predicted molar refractivity (Wildman–Crippen MR) is 88.4 cm³/mol. The van der Waals surface area contributed by atoms with Crippen molar-refractivity contribution < 1.29 is 0 Å². The minimum atomic E-state index is 0.664. The van der Waals surface area contributed by atoms with Crippen LogP contribution in [0.5, 0.6) is 0 Å². The first-order valence-electron chi connectivity index (χ1n) is 8.02. The first-order chi connectivity index (χ1) is 9.56. The van der Waals surface area contributed by atoms with Gasteiger partial charge < -0.3 is 5.32 Å². The SMILES string of the molecule is CC(C)CNCC1CCC(C)CC1c1cccc(Cl)c1. The average molecular weight is 294 g/mol. The molecule has 0 bridgehead atoms. The third-order valence-corrected chi connectivity index (χ3v) is 4.73. The van der Waals surface area contributed by atoms with Gasteiger partial charge in [0.25, 0.3) is 0 Å². The normalized spacial score (nSPS) is 26.9. The zero-order valence-electron chi connectivity index (χ0n) is 13.0. The van der Waals surface area contributed by atoms with Gasteiger partial charge >= 0.3 is 0 Å².